The fourth-order valence-electron chi connectivity index (χ4n) is 2.04. The molecule has 0 aliphatic carbocycles. The van der Waals surface area contributed by atoms with Gasteiger partial charge in [0.2, 0.25) is 0 Å². The van der Waals surface area contributed by atoms with Crippen LogP contribution in [0.1, 0.15) is 0 Å². The molecule has 0 aliphatic heterocycles. The van der Waals surface area contributed by atoms with Gasteiger partial charge in [-0.1, -0.05) is 41.9 Å². The summed E-state index contributed by atoms with van der Waals surface area (Å²) < 4.78 is 5.16. The molecule has 0 radical (unpaired) electrons. The number of rotatable bonds is 3. The van der Waals surface area contributed by atoms with Crippen molar-refractivity contribution in [1.82, 2.24) is 9.97 Å². The van der Waals surface area contributed by atoms with Gasteiger partial charge in [-0.3, -0.25) is 0 Å². The van der Waals surface area contributed by atoms with Crippen LogP contribution < -0.4 is 4.74 Å². The summed E-state index contributed by atoms with van der Waals surface area (Å²) in [5.41, 5.74) is 2.70. The van der Waals surface area contributed by atoms with Gasteiger partial charge in [-0.05, 0) is 24.3 Å². The Labute approximate surface area is 128 Å². The van der Waals surface area contributed by atoms with Crippen molar-refractivity contribution < 1.29 is 4.74 Å². The molecule has 3 rings (SSSR count). The number of nitrogens with zero attached hydrogens (tertiary/aromatic N) is 2. The highest BCUT2D eigenvalue weighted by molar-refractivity contribution is 6.29. The van der Waals surface area contributed by atoms with Crippen LogP contribution in [0.2, 0.25) is 5.15 Å². The van der Waals surface area contributed by atoms with Crippen LogP contribution in [0.15, 0.2) is 60.7 Å². The van der Waals surface area contributed by atoms with E-state index in [2.05, 4.69) is 9.97 Å². The van der Waals surface area contributed by atoms with E-state index in [4.69, 9.17) is 16.3 Å². The molecule has 0 N–H and O–H groups in total. The van der Waals surface area contributed by atoms with Crippen LogP contribution in [0, 0.1) is 0 Å². The molecule has 3 nitrogen and oxygen atoms in total. The number of aromatic nitrogens is 2. The number of halogens is 1. The lowest BCUT2D eigenvalue weighted by Crippen LogP contribution is -1.93. The van der Waals surface area contributed by atoms with Gasteiger partial charge in [0.05, 0.1) is 12.8 Å². The zero-order valence-corrected chi connectivity index (χ0v) is 12.2. The highest BCUT2D eigenvalue weighted by Gasteiger charge is 2.07. The first-order chi connectivity index (χ1) is 10.3. The summed E-state index contributed by atoms with van der Waals surface area (Å²) in [6, 6.07) is 19.2. The van der Waals surface area contributed by atoms with Gasteiger partial charge in [0.25, 0.3) is 0 Å². The first kappa shape index (κ1) is 13.6. The van der Waals surface area contributed by atoms with Crippen molar-refractivity contribution in [3.8, 4) is 28.4 Å². The SMILES string of the molecule is COc1ccc(-c2cc(Cl)nc(-c3ccccc3)n2)cc1. The van der Waals surface area contributed by atoms with E-state index in [1.165, 1.54) is 0 Å². The van der Waals surface area contributed by atoms with Gasteiger partial charge < -0.3 is 4.74 Å². The number of ether oxygens (including phenoxy) is 1. The standard InChI is InChI=1S/C17H13ClN2O/c1-21-14-9-7-12(8-10-14)15-11-16(18)20-17(19-15)13-5-3-2-4-6-13/h2-11H,1H3. The topological polar surface area (TPSA) is 35.0 Å². The molecule has 0 bridgehead atoms. The fraction of sp³-hybridized carbons (Fsp3) is 0.0588. The average molecular weight is 297 g/mol. The molecule has 1 heterocycles. The van der Waals surface area contributed by atoms with E-state index in [9.17, 15) is 0 Å². The average Bonchev–Trinajstić information content (AvgIpc) is 2.55. The predicted octanol–water partition coefficient (Wildman–Crippen LogP) is 4.47. The van der Waals surface area contributed by atoms with Crippen molar-refractivity contribution in [2.45, 2.75) is 0 Å². The van der Waals surface area contributed by atoms with Crippen LogP contribution in [0.3, 0.4) is 0 Å². The van der Waals surface area contributed by atoms with Crippen LogP contribution in [-0.4, -0.2) is 17.1 Å². The van der Waals surface area contributed by atoms with Gasteiger partial charge in [0.15, 0.2) is 5.82 Å². The van der Waals surface area contributed by atoms with Gasteiger partial charge in [-0.15, -0.1) is 0 Å². The van der Waals surface area contributed by atoms with Crippen molar-refractivity contribution in [1.29, 1.82) is 0 Å². The second kappa shape index (κ2) is 5.94. The highest BCUT2D eigenvalue weighted by Crippen LogP contribution is 2.25. The van der Waals surface area contributed by atoms with Crippen LogP contribution in [0.4, 0.5) is 0 Å². The lowest BCUT2D eigenvalue weighted by Gasteiger charge is -2.06. The second-order valence-corrected chi connectivity index (χ2v) is 4.88. The van der Waals surface area contributed by atoms with E-state index in [1.807, 2.05) is 54.6 Å². The molecule has 0 atom stereocenters. The maximum Gasteiger partial charge on any atom is 0.161 e. The Hall–Kier alpha value is -2.39. The second-order valence-electron chi connectivity index (χ2n) is 4.49. The predicted molar refractivity (Wildman–Crippen MR) is 84.5 cm³/mol. The minimum atomic E-state index is 0.426. The van der Waals surface area contributed by atoms with Crippen LogP contribution in [0.5, 0.6) is 5.75 Å². The summed E-state index contributed by atoms with van der Waals surface area (Å²) in [7, 11) is 1.64. The minimum absolute atomic E-state index is 0.426. The van der Waals surface area contributed by atoms with Gasteiger partial charge >= 0.3 is 0 Å². The normalized spacial score (nSPS) is 10.4. The van der Waals surface area contributed by atoms with E-state index < -0.39 is 0 Å². The molecular weight excluding hydrogens is 284 g/mol. The van der Waals surface area contributed by atoms with Gasteiger partial charge in [-0.25, -0.2) is 9.97 Å². The van der Waals surface area contributed by atoms with Crippen LogP contribution in [0.25, 0.3) is 22.6 Å². The van der Waals surface area contributed by atoms with Crippen LogP contribution >= 0.6 is 11.6 Å². The Balaban J connectivity index is 2.05. The van der Waals surface area contributed by atoms with E-state index in [1.54, 1.807) is 13.2 Å². The first-order valence-electron chi connectivity index (χ1n) is 6.51. The Kier molecular flexibility index (Phi) is 3.84. The summed E-state index contributed by atoms with van der Waals surface area (Å²) >= 11 is 6.13. The summed E-state index contributed by atoms with van der Waals surface area (Å²) in [5.74, 6) is 1.43. The number of benzene rings is 2. The van der Waals surface area contributed by atoms with Crippen molar-refractivity contribution in [3.63, 3.8) is 0 Å². The Morgan fingerprint density at radius 2 is 1.57 bits per heavy atom. The number of hydrogen-bond acceptors (Lipinski definition) is 3. The molecule has 0 saturated carbocycles. The smallest absolute Gasteiger partial charge is 0.161 e. The van der Waals surface area contributed by atoms with Gasteiger partial charge in [-0.2, -0.15) is 0 Å². The zero-order chi connectivity index (χ0) is 14.7. The molecule has 4 heteroatoms. The molecule has 0 saturated heterocycles. The monoisotopic (exact) mass is 296 g/mol. The van der Waals surface area contributed by atoms with Gasteiger partial charge in [0, 0.05) is 17.2 Å². The molecule has 0 spiro atoms. The molecular formula is C17H13ClN2O. The number of hydrogen-bond donors (Lipinski definition) is 0. The highest BCUT2D eigenvalue weighted by atomic mass is 35.5. The Morgan fingerprint density at radius 3 is 2.24 bits per heavy atom. The Bertz CT molecular complexity index is 742. The molecule has 0 amide bonds. The molecule has 21 heavy (non-hydrogen) atoms. The first-order valence-corrected chi connectivity index (χ1v) is 6.88. The molecule has 0 aliphatic rings. The summed E-state index contributed by atoms with van der Waals surface area (Å²) in [4.78, 5) is 8.89. The summed E-state index contributed by atoms with van der Waals surface area (Å²) in [6.07, 6.45) is 0. The Morgan fingerprint density at radius 1 is 0.857 bits per heavy atom. The van der Waals surface area contributed by atoms with E-state index in [-0.39, 0.29) is 0 Å². The van der Waals surface area contributed by atoms with E-state index >= 15 is 0 Å². The zero-order valence-electron chi connectivity index (χ0n) is 11.5. The third-order valence-electron chi connectivity index (χ3n) is 3.11. The molecule has 1 aromatic heterocycles. The lowest BCUT2D eigenvalue weighted by atomic mass is 10.1. The quantitative estimate of drug-likeness (QED) is 0.669. The molecule has 3 aromatic rings. The molecule has 104 valence electrons. The van der Waals surface area contributed by atoms with Crippen molar-refractivity contribution >= 4 is 11.6 Å². The summed E-state index contributed by atoms with van der Waals surface area (Å²) in [6.45, 7) is 0. The largest absolute Gasteiger partial charge is 0.497 e. The maximum atomic E-state index is 6.13. The van der Waals surface area contributed by atoms with Crippen molar-refractivity contribution in [3.05, 3.63) is 65.8 Å². The van der Waals surface area contributed by atoms with Crippen molar-refractivity contribution in [2.24, 2.45) is 0 Å². The fourth-order valence-corrected chi connectivity index (χ4v) is 2.23. The number of methoxy groups -OCH3 is 1. The van der Waals surface area contributed by atoms with Crippen LogP contribution in [-0.2, 0) is 0 Å². The van der Waals surface area contributed by atoms with Gasteiger partial charge in [0.1, 0.15) is 10.9 Å². The molecule has 2 aromatic carbocycles. The molecule has 0 fully saturated rings. The molecule has 0 unspecified atom stereocenters. The van der Waals surface area contributed by atoms with E-state index in [0.29, 0.717) is 11.0 Å². The third kappa shape index (κ3) is 3.03. The minimum Gasteiger partial charge on any atom is -0.497 e. The van der Waals surface area contributed by atoms with E-state index in [0.717, 1.165) is 22.6 Å². The van der Waals surface area contributed by atoms with Crippen molar-refractivity contribution in [2.75, 3.05) is 7.11 Å². The maximum absolute atomic E-state index is 6.13. The lowest BCUT2D eigenvalue weighted by molar-refractivity contribution is 0.415. The third-order valence-corrected chi connectivity index (χ3v) is 3.31. The summed E-state index contributed by atoms with van der Waals surface area (Å²) in [5, 5.41) is 0.426.